The van der Waals surface area contributed by atoms with E-state index in [1.54, 1.807) is 13.0 Å². The molecule has 3 heteroatoms. The van der Waals surface area contributed by atoms with Crippen molar-refractivity contribution in [3.8, 4) is 0 Å². The minimum Gasteiger partial charge on any atom is -0.423 e. The molecule has 0 bridgehead atoms. The van der Waals surface area contributed by atoms with Crippen LogP contribution in [0.3, 0.4) is 0 Å². The van der Waals surface area contributed by atoms with E-state index < -0.39 is 0 Å². The van der Waals surface area contributed by atoms with Gasteiger partial charge in [0.15, 0.2) is 0 Å². The van der Waals surface area contributed by atoms with E-state index in [1.165, 1.54) is 18.2 Å². The summed E-state index contributed by atoms with van der Waals surface area (Å²) in [5, 5.41) is 0.608. The van der Waals surface area contributed by atoms with E-state index in [0.29, 0.717) is 16.5 Å². The number of rotatable bonds is 0. The standard InChI is InChI=1S/C10H7FO2/c1-6-4-7-5-8(11)2-3-9(7)13-10(6)12/h2-5H,1H3. The molecular formula is C10H7FO2. The Morgan fingerprint density at radius 2 is 2.08 bits per heavy atom. The lowest BCUT2D eigenvalue weighted by Gasteiger charge is -1.96. The first-order chi connectivity index (χ1) is 6.16. The molecule has 1 aromatic carbocycles. The Bertz CT molecular complexity index is 514. The van der Waals surface area contributed by atoms with Crippen LogP contribution >= 0.6 is 0 Å². The van der Waals surface area contributed by atoms with Gasteiger partial charge in [-0.15, -0.1) is 0 Å². The van der Waals surface area contributed by atoms with E-state index in [9.17, 15) is 9.18 Å². The summed E-state index contributed by atoms with van der Waals surface area (Å²) >= 11 is 0. The average Bonchev–Trinajstić information content (AvgIpc) is 2.08. The molecule has 0 spiro atoms. The molecule has 2 aromatic rings. The molecule has 0 aliphatic carbocycles. The second-order valence-corrected chi connectivity index (χ2v) is 2.90. The quantitative estimate of drug-likeness (QED) is 0.579. The second kappa shape index (κ2) is 2.69. The van der Waals surface area contributed by atoms with Crippen LogP contribution in [0.1, 0.15) is 5.56 Å². The van der Waals surface area contributed by atoms with Crippen LogP contribution in [-0.2, 0) is 0 Å². The maximum Gasteiger partial charge on any atom is 0.339 e. The highest BCUT2D eigenvalue weighted by Gasteiger charge is 2.01. The molecule has 13 heavy (non-hydrogen) atoms. The van der Waals surface area contributed by atoms with Crippen LogP contribution < -0.4 is 5.63 Å². The zero-order chi connectivity index (χ0) is 9.42. The monoisotopic (exact) mass is 178 g/mol. The Hall–Kier alpha value is -1.64. The number of hydrogen-bond acceptors (Lipinski definition) is 2. The third-order valence-corrected chi connectivity index (χ3v) is 1.87. The van der Waals surface area contributed by atoms with Crippen LogP contribution in [0.5, 0.6) is 0 Å². The summed E-state index contributed by atoms with van der Waals surface area (Å²) in [5.41, 5.74) is 0.522. The predicted molar refractivity (Wildman–Crippen MR) is 47.2 cm³/mol. The molecule has 0 atom stereocenters. The van der Waals surface area contributed by atoms with E-state index in [2.05, 4.69) is 0 Å². The van der Waals surface area contributed by atoms with Gasteiger partial charge >= 0.3 is 5.63 Å². The van der Waals surface area contributed by atoms with E-state index in [0.717, 1.165) is 0 Å². The summed E-state index contributed by atoms with van der Waals surface area (Å²) in [6, 6.07) is 5.67. The van der Waals surface area contributed by atoms with Crippen molar-refractivity contribution in [2.75, 3.05) is 0 Å². The molecular weight excluding hydrogens is 171 g/mol. The molecule has 0 N–H and O–H groups in total. The van der Waals surface area contributed by atoms with Gasteiger partial charge in [-0.1, -0.05) is 0 Å². The van der Waals surface area contributed by atoms with Gasteiger partial charge in [0.2, 0.25) is 0 Å². The van der Waals surface area contributed by atoms with Crippen molar-refractivity contribution in [3.63, 3.8) is 0 Å². The van der Waals surface area contributed by atoms with Gasteiger partial charge in [0.05, 0.1) is 0 Å². The van der Waals surface area contributed by atoms with Crippen molar-refractivity contribution < 1.29 is 8.81 Å². The first-order valence-corrected chi connectivity index (χ1v) is 3.87. The van der Waals surface area contributed by atoms with E-state index >= 15 is 0 Å². The molecule has 0 amide bonds. The Balaban J connectivity index is 2.89. The maximum absolute atomic E-state index is 12.7. The largest absolute Gasteiger partial charge is 0.423 e. The molecule has 0 aliphatic rings. The SMILES string of the molecule is Cc1cc2cc(F)ccc2oc1=O. The van der Waals surface area contributed by atoms with Gasteiger partial charge in [-0.25, -0.2) is 9.18 Å². The van der Waals surface area contributed by atoms with Crippen molar-refractivity contribution in [2.45, 2.75) is 6.92 Å². The minimum absolute atomic E-state index is 0.333. The normalized spacial score (nSPS) is 10.6. The first kappa shape index (κ1) is 7.98. The van der Waals surface area contributed by atoms with Crippen LogP contribution in [0.4, 0.5) is 4.39 Å². The van der Waals surface area contributed by atoms with E-state index in [1.807, 2.05) is 0 Å². The Labute approximate surface area is 73.6 Å². The molecule has 0 aliphatic heterocycles. The molecule has 1 heterocycles. The zero-order valence-electron chi connectivity index (χ0n) is 7.00. The maximum atomic E-state index is 12.7. The van der Waals surface area contributed by atoms with Crippen molar-refractivity contribution in [1.29, 1.82) is 0 Å². The number of fused-ring (bicyclic) bond motifs is 1. The molecule has 0 unspecified atom stereocenters. The summed E-state index contributed by atoms with van der Waals surface area (Å²) < 4.78 is 17.7. The molecule has 0 saturated carbocycles. The zero-order valence-corrected chi connectivity index (χ0v) is 7.00. The molecule has 66 valence electrons. The minimum atomic E-state index is -0.376. The van der Waals surface area contributed by atoms with E-state index in [4.69, 9.17) is 4.42 Å². The highest BCUT2D eigenvalue weighted by Crippen LogP contribution is 2.14. The van der Waals surface area contributed by atoms with Gasteiger partial charge < -0.3 is 4.42 Å². The van der Waals surface area contributed by atoms with Gasteiger partial charge in [-0.05, 0) is 31.2 Å². The third-order valence-electron chi connectivity index (χ3n) is 1.87. The lowest BCUT2D eigenvalue weighted by atomic mass is 10.2. The van der Waals surface area contributed by atoms with Crippen LogP contribution in [0.2, 0.25) is 0 Å². The van der Waals surface area contributed by atoms with Crippen LogP contribution in [0, 0.1) is 12.7 Å². The summed E-state index contributed by atoms with van der Waals surface area (Å²) in [5.74, 6) is -0.333. The number of aryl methyl sites for hydroxylation is 1. The Morgan fingerprint density at radius 3 is 2.85 bits per heavy atom. The van der Waals surface area contributed by atoms with Gasteiger partial charge in [0.1, 0.15) is 11.4 Å². The third kappa shape index (κ3) is 1.33. The molecule has 2 rings (SSSR count). The van der Waals surface area contributed by atoms with E-state index in [-0.39, 0.29) is 11.4 Å². The van der Waals surface area contributed by atoms with Crippen LogP contribution in [0.15, 0.2) is 33.5 Å². The summed E-state index contributed by atoms with van der Waals surface area (Å²) in [4.78, 5) is 11.1. The van der Waals surface area contributed by atoms with Crippen LogP contribution in [-0.4, -0.2) is 0 Å². The van der Waals surface area contributed by atoms with Gasteiger partial charge in [0.25, 0.3) is 0 Å². The number of hydrogen-bond donors (Lipinski definition) is 0. The number of benzene rings is 1. The predicted octanol–water partition coefficient (Wildman–Crippen LogP) is 2.24. The molecule has 2 nitrogen and oxygen atoms in total. The Morgan fingerprint density at radius 1 is 1.31 bits per heavy atom. The molecule has 1 aromatic heterocycles. The number of halogens is 1. The second-order valence-electron chi connectivity index (χ2n) is 2.90. The molecule has 0 radical (unpaired) electrons. The van der Waals surface area contributed by atoms with Crippen molar-refractivity contribution in [3.05, 3.63) is 46.1 Å². The van der Waals surface area contributed by atoms with Crippen molar-refractivity contribution >= 4 is 11.0 Å². The van der Waals surface area contributed by atoms with Crippen molar-refractivity contribution in [2.24, 2.45) is 0 Å². The highest BCUT2D eigenvalue weighted by molar-refractivity contribution is 5.76. The first-order valence-electron chi connectivity index (χ1n) is 3.87. The molecule has 0 fully saturated rings. The lowest BCUT2D eigenvalue weighted by molar-refractivity contribution is 0.553. The van der Waals surface area contributed by atoms with Gasteiger partial charge in [-0.3, -0.25) is 0 Å². The van der Waals surface area contributed by atoms with Gasteiger partial charge in [0, 0.05) is 10.9 Å². The smallest absolute Gasteiger partial charge is 0.339 e. The summed E-state index contributed by atoms with van der Waals surface area (Å²) in [7, 11) is 0. The Kier molecular flexibility index (Phi) is 1.65. The fourth-order valence-corrected chi connectivity index (χ4v) is 1.20. The molecule has 0 saturated heterocycles. The van der Waals surface area contributed by atoms with Crippen molar-refractivity contribution in [1.82, 2.24) is 0 Å². The summed E-state index contributed by atoms with van der Waals surface area (Å²) in [6.07, 6.45) is 0. The average molecular weight is 178 g/mol. The van der Waals surface area contributed by atoms with Gasteiger partial charge in [-0.2, -0.15) is 0 Å². The lowest BCUT2D eigenvalue weighted by Crippen LogP contribution is -2.01. The fraction of sp³-hybridized carbons (Fsp3) is 0.100. The summed E-state index contributed by atoms with van der Waals surface area (Å²) in [6.45, 7) is 1.64. The van der Waals surface area contributed by atoms with Crippen LogP contribution in [0.25, 0.3) is 11.0 Å². The highest BCUT2D eigenvalue weighted by atomic mass is 19.1. The topological polar surface area (TPSA) is 30.2 Å². The fourth-order valence-electron chi connectivity index (χ4n) is 1.20.